The van der Waals surface area contributed by atoms with Crippen LogP contribution in [-0.2, 0) is 24.5 Å². The van der Waals surface area contributed by atoms with Gasteiger partial charge in [-0.1, -0.05) is 48.5 Å². The number of benzene rings is 3. The first-order valence-corrected chi connectivity index (χ1v) is 10.3. The molecule has 0 aliphatic rings. The van der Waals surface area contributed by atoms with Crippen molar-refractivity contribution in [3.05, 3.63) is 94.5 Å². The van der Waals surface area contributed by atoms with Gasteiger partial charge in [-0.3, -0.25) is 9.36 Å². The highest BCUT2D eigenvalue weighted by Crippen LogP contribution is 2.28. The molecular weight excluding hydrogens is 408 g/mol. The van der Waals surface area contributed by atoms with E-state index in [0.717, 1.165) is 11.1 Å². The lowest BCUT2D eigenvalue weighted by molar-refractivity contribution is -0.121. The van der Waals surface area contributed by atoms with Crippen LogP contribution in [0.25, 0.3) is 11.1 Å². The van der Waals surface area contributed by atoms with Crippen molar-refractivity contribution in [3.8, 4) is 11.5 Å². The van der Waals surface area contributed by atoms with Crippen molar-refractivity contribution in [1.29, 1.82) is 0 Å². The molecule has 0 fully saturated rings. The SMILES string of the molecule is COc1cc(CNC(=O)CCn2c(=O)oc3ccccc32)ccc1OCc1ccccc1. The quantitative estimate of drug-likeness (QED) is 0.434. The fourth-order valence-electron chi connectivity index (χ4n) is 3.40. The van der Waals surface area contributed by atoms with Gasteiger partial charge in [0.1, 0.15) is 6.61 Å². The minimum atomic E-state index is -0.463. The highest BCUT2D eigenvalue weighted by Gasteiger charge is 2.11. The second kappa shape index (κ2) is 9.87. The van der Waals surface area contributed by atoms with Crippen molar-refractivity contribution in [2.24, 2.45) is 0 Å². The van der Waals surface area contributed by atoms with Crippen molar-refractivity contribution in [3.63, 3.8) is 0 Å². The van der Waals surface area contributed by atoms with E-state index in [0.29, 0.717) is 35.8 Å². The number of rotatable bonds is 9. The summed E-state index contributed by atoms with van der Waals surface area (Å²) in [6.07, 6.45) is 0.166. The summed E-state index contributed by atoms with van der Waals surface area (Å²) in [5.74, 6) is 0.613. The van der Waals surface area contributed by atoms with E-state index in [2.05, 4.69) is 5.32 Å². The standard InChI is InChI=1S/C25H24N2O5/c1-30-23-15-19(11-12-22(23)31-17-18-7-3-2-4-8-18)16-26-24(28)13-14-27-20-9-5-6-10-21(20)32-25(27)29/h2-12,15H,13-14,16-17H2,1H3,(H,26,28). The maximum atomic E-state index is 12.3. The molecule has 1 aromatic heterocycles. The van der Waals surface area contributed by atoms with Gasteiger partial charge in [0, 0.05) is 19.5 Å². The maximum absolute atomic E-state index is 12.3. The molecule has 0 saturated heterocycles. The summed E-state index contributed by atoms with van der Waals surface area (Å²) in [4.78, 5) is 24.3. The predicted octanol–water partition coefficient (Wildman–Crippen LogP) is 3.89. The molecule has 7 heteroatoms. The van der Waals surface area contributed by atoms with Crippen molar-refractivity contribution >= 4 is 17.0 Å². The Balaban J connectivity index is 1.32. The third-order valence-corrected chi connectivity index (χ3v) is 5.09. The molecule has 1 amide bonds. The molecule has 1 heterocycles. The second-order valence-electron chi connectivity index (χ2n) is 7.27. The van der Waals surface area contributed by atoms with Gasteiger partial charge in [0.15, 0.2) is 17.1 Å². The number of aromatic nitrogens is 1. The Morgan fingerprint density at radius 2 is 1.75 bits per heavy atom. The van der Waals surface area contributed by atoms with Crippen LogP contribution < -0.4 is 20.5 Å². The molecule has 0 radical (unpaired) electrons. The number of carbonyl (C=O) groups excluding carboxylic acids is 1. The summed E-state index contributed by atoms with van der Waals surface area (Å²) >= 11 is 0. The van der Waals surface area contributed by atoms with E-state index in [-0.39, 0.29) is 18.9 Å². The number of ether oxygens (including phenoxy) is 2. The highest BCUT2D eigenvalue weighted by molar-refractivity contribution is 5.76. The summed E-state index contributed by atoms with van der Waals surface area (Å²) in [6, 6.07) is 22.6. The molecule has 0 saturated carbocycles. The van der Waals surface area contributed by atoms with Crippen LogP contribution >= 0.6 is 0 Å². The van der Waals surface area contributed by atoms with Gasteiger partial charge in [-0.2, -0.15) is 0 Å². The maximum Gasteiger partial charge on any atom is 0.419 e. The lowest BCUT2D eigenvalue weighted by atomic mass is 10.2. The number of oxazole rings is 1. The van der Waals surface area contributed by atoms with Crippen LogP contribution in [0.15, 0.2) is 82.0 Å². The first-order valence-electron chi connectivity index (χ1n) is 10.3. The zero-order valence-corrected chi connectivity index (χ0v) is 17.7. The number of hydrogen-bond donors (Lipinski definition) is 1. The number of amides is 1. The Morgan fingerprint density at radius 1 is 0.969 bits per heavy atom. The van der Waals surface area contributed by atoms with E-state index < -0.39 is 5.76 Å². The molecule has 4 aromatic rings. The smallest absolute Gasteiger partial charge is 0.419 e. The van der Waals surface area contributed by atoms with Crippen molar-refractivity contribution < 1.29 is 18.7 Å². The van der Waals surface area contributed by atoms with E-state index in [1.165, 1.54) is 4.57 Å². The van der Waals surface area contributed by atoms with Crippen molar-refractivity contribution in [2.75, 3.05) is 7.11 Å². The van der Waals surface area contributed by atoms with Gasteiger partial charge in [0.25, 0.3) is 0 Å². The Hall–Kier alpha value is -4.00. The van der Waals surface area contributed by atoms with Crippen molar-refractivity contribution in [2.45, 2.75) is 26.1 Å². The summed E-state index contributed by atoms with van der Waals surface area (Å²) in [7, 11) is 1.58. The zero-order valence-electron chi connectivity index (χ0n) is 17.7. The number of fused-ring (bicyclic) bond motifs is 1. The largest absolute Gasteiger partial charge is 0.493 e. The summed E-state index contributed by atoms with van der Waals surface area (Å²) in [5, 5.41) is 2.88. The Labute approximate surface area is 185 Å². The molecule has 0 unspecified atom stereocenters. The lowest BCUT2D eigenvalue weighted by Gasteiger charge is -2.13. The van der Waals surface area contributed by atoms with E-state index in [4.69, 9.17) is 13.9 Å². The molecule has 32 heavy (non-hydrogen) atoms. The fourth-order valence-corrected chi connectivity index (χ4v) is 3.40. The molecule has 0 atom stereocenters. The number of aryl methyl sites for hydroxylation is 1. The van der Waals surface area contributed by atoms with Gasteiger partial charge >= 0.3 is 5.76 Å². The molecule has 0 aliphatic carbocycles. The topological polar surface area (TPSA) is 82.7 Å². The van der Waals surface area contributed by atoms with Crippen LogP contribution in [0.2, 0.25) is 0 Å². The molecule has 0 bridgehead atoms. The fraction of sp³-hybridized carbons (Fsp3) is 0.200. The molecular formula is C25H24N2O5. The zero-order chi connectivity index (χ0) is 22.3. The average molecular weight is 432 g/mol. The Morgan fingerprint density at radius 3 is 2.56 bits per heavy atom. The summed E-state index contributed by atoms with van der Waals surface area (Å²) < 4.78 is 18.0. The monoisotopic (exact) mass is 432 g/mol. The normalized spacial score (nSPS) is 10.8. The molecule has 0 spiro atoms. The molecule has 0 aliphatic heterocycles. The van der Waals surface area contributed by atoms with Crippen molar-refractivity contribution in [1.82, 2.24) is 9.88 Å². The Kier molecular flexibility index (Phi) is 6.55. The predicted molar refractivity (Wildman–Crippen MR) is 121 cm³/mol. The third kappa shape index (κ3) is 5.00. The third-order valence-electron chi connectivity index (χ3n) is 5.09. The number of nitrogens with zero attached hydrogens (tertiary/aromatic N) is 1. The number of carbonyl (C=O) groups is 1. The van der Waals surface area contributed by atoms with E-state index >= 15 is 0 Å². The summed E-state index contributed by atoms with van der Waals surface area (Å²) in [6.45, 7) is 1.03. The van der Waals surface area contributed by atoms with Gasteiger partial charge in [-0.15, -0.1) is 0 Å². The second-order valence-corrected chi connectivity index (χ2v) is 7.27. The molecule has 1 N–H and O–H groups in total. The van der Waals surface area contributed by atoms with Crippen LogP contribution in [0, 0.1) is 0 Å². The van der Waals surface area contributed by atoms with Gasteiger partial charge in [-0.05, 0) is 35.4 Å². The van der Waals surface area contributed by atoms with Crippen LogP contribution in [0.3, 0.4) is 0 Å². The Bertz CT molecular complexity index is 1260. The van der Waals surface area contributed by atoms with Crippen LogP contribution in [0.5, 0.6) is 11.5 Å². The lowest BCUT2D eigenvalue weighted by Crippen LogP contribution is -2.25. The number of hydrogen-bond acceptors (Lipinski definition) is 5. The van der Waals surface area contributed by atoms with Gasteiger partial charge in [-0.25, -0.2) is 4.79 Å². The van der Waals surface area contributed by atoms with Gasteiger partial charge in [0.05, 0.1) is 12.6 Å². The van der Waals surface area contributed by atoms with Crippen LogP contribution in [0.4, 0.5) is 0 Å². The highest BCUT2D eigenvalue weighted by atomic mass is 16.5. The first kappa shape index (κ1) is 21.2. The van der Waals surface area contributed by atoms with Crippen LogP contribution in [-0.4, -0.2) is 17.6 Å². The summed E-state index contributed by atoms with van der Waals surface area (Å²) in [5.41, 5.74) is 3.14. The van der Waals surface area contributed by atoms with Gasteiger partial charge in [0.2, 0.25) is 5.91 Å². The molecule has 164 valence electrons. The first-order chi connectivity index (χ1) is 15.6. The molecule has 7 nitrogen and oxygen atoms in total. The van der Waals surface area contributed by atoms with E-state index in [1.807, 2.05) is 54.6 Å². The minimum absolute atomic E-state index is 0.162. The number of nitrogens with one attached hydrogen (secondary N) is 1. The number of para-hydroxylation sites is 2. The number of methoxy groups -OCH3 is 1. The van der Waals surface area contributed by atoms with E-state index in [9.17, 15) is 9.59 Å². The average Bonchev–Trinajstić information content (AvgIpc) is 3.15. The van der Waals surface area contributed by atoms with Crippen LogP contribution in [0.1, 0.15) is 17.5 Å². The van der Waals surface area contributed by atoms with Gasteiger partial charge < -0.3 is 19.2 Å². The minimum Gasteiger partial charge on any atom is -0.493 e. The molecule has 4 rings (SSSR count). The molecule has 3 aromatic carbocycles. The van der Waals surface area contributed by atoms with E-state index in [1.54, 1.807) is 25.3 Å².